The molecule has 0 bridgehead atoms. The van der Waals surface area contributed by atoms with Gasteiger partial charge in [-0.3, -0.25) is 4.79 Å². The Labute approximate surface area is 121 Å². The minimum atomic E-state index is -0.431. The lowest BCUT2D eigenvalue weighted by Crippen LogP contribution is -2.12. The summed E-state index contributed by atoms with van der Waals surface area (Å²) in [5, 5.41) is 2.76. The van der Waals surface area contributed by atoms with Crippen LogP contribution in [0, 0.1) is 19.7 Å². The number of aromatic nitrogens is 2. The molecule has 0 saturated heterocycles. The number of amides is 1. The summed E-state index contributed by atoms with van der Waals surface area (Å²) in [7, 11) is 0. The number of hydrogen-bond donors (Lipinski definition) is 1. The summed E-state index contributed by atoms with van der Waals surface area (Å²) in [4.78, 5) is 16.5. The summed E-state index contributed by atoms with van der Waals surface area (Å²) in [6, 6.07) is 9.21. The highest BCUT2D eigenvalue weighted by Gasteiger charge is 2.09. The second kappa shape index (κ2) is 5.01. The molecule has 1 N–H and O–H groups in total. The SMILES string of the molecule is Cc1nc2ccc(NC(=O)c3cccc(F)c3)cn2c1C. The molecular weight excluding hydrogens is 269 g/mol. The van der Waals surface area contributed by atoms with E-state index in [-0.39, 0.29) is 11.5 Å². The van der Waals surface area contributed by atoms with Gasteiger partial charge in [-0.15, -0.1) is 0 Å². The number of rotatable bonds is 2. The Morgan fingerprint density at radius 3 is 2.81 bits per heavy atom. The number of pyridine rings is 1. The topological polar surface area (TPSA) is 46.4 Å². The van der Waals surface area contributed by atoms with Crippen LogP contribution in [0.25, 0.3) is 5.65 Å². The van der Waals surface area contributed by atoms with E-state index in [0.29, 0.717) is 5.69 Å². The predicted molar refractivity (Wildman–Crippen MR) is 79.0 cm³/mol. The smallest absolute Gasteiger partial charge is 0.255 e. The molecule has 3 aromatic rings. The largest absolute Gasteiger partial charge is 0.321 e. The number of carbonyl (C=O) groups is 1. The maximum absolute atomic E-state index is 13.1. The third kappa shape index (κ3) is 2.50. The lowest BCUT2D eigenvalue weighted by molar-refractivity contribution is 0.102. The molecule has 4 nitrogen and oxygen atoms in total. The standard InChI is InChI=1S/C16H14FN3O/c1-10-11(2)20-9-14(6-7-15(20)18-10)19-16(21)12-4-3-5-13(17)8-12/h3-9H,1-2H3,(H,19,21). The first-order valence-electron chi connectivity index (χ1n) is 6.57. The normalized spacial score (nSPS) is 10.8. The van der Waals surface area contributed by atoms with E-state index in [9.17, 15) is 9.18 Å². The molecule has 3 rings (SSSR count). The van der Waals surface area contributed by atoms with E-state index in [0.717, 1.165) is 17.0 Å². The molecule has 2 aromatic heterocycles. The quantitative estimate of drug-likeness (QED) is 0.784. The first kappa shape index (κ1) is 13.3. The molecule has 106 valence electrons. The summed E-state index contributed by atoms with van der Waals surface area (Å²) in [5.74, 6) is -0.775. The van der Waals surface area contributed by atoms with Crippen LogP contribution in [0.1, 0.15) is 21.7 Å². The molecule has 0 aliphatic rings. The van der Waals surface area contributed by atoms with E-state index in [2.05, 4.69) is 10.3 Å². The number of anilines is 1. The number of aryl methyl sites for hydroxylation is 2. The summed E-state index contributed by atoms with van der Waals surface area (Å²) in [5.41, 5.74) is 3.72. The van der Waals surface area contributed by atoms with E-state index in [1.165, 1.54) is 18.2 Å². The van der Waals surface area contributed by atoms with Crippen LogP contribution in [0.4, 0.5) is 10.1 Å². The van der Waals surface area contributed by atoms with Crippen LogP contribution in [0.3, 0.4) is 0 Å². The van der Waals surface area contributed by atoms with Gasteiger partial charge in [0.2, 0.25) is 0 Å². The van der Waals surface area contributed by atoms with Crippen molar-refractivity contribution < 1.29 is 9.18 Å². The van der Waals surface area contributed by atoms with Crippen molar-refractivity contribution in [3.8, 4) is 0 Å². The van der Waals surface area contributed by atoms with Gasteiger partial charge in [-0.25, -0.2) is 9.37 Å². The lowest BCUT2D eigenvalue weighted by Gasteiger charge is -2.06. The van der Waals surface area contributed by atoms with E-state index in [1.54, 1.807) is 12.1 Å². The van der Waals surface area contributed by atoms with Crippen molar-refractivity contribution in [3.63, 3.8) is 0 Å². The monoisotopic (exact) mass is 283 g/mol. The highest BCUT2D eigenvalue weighted by molar-refractivity contribution is 6.04. The van der Waals surface area contributed by atoms with Crippen molar-refractivity contribution in [1.29, 1.82) is 0 Å². The summed E-state index contributed by atoms with van der Waals surface area (Å²) in [6.07, 6.45) is 1.81. The van der Waals surface area contributed by atoms with E-state index in [4.69, 9.17) is 0 Å². The van der Waals surface area contributed by atoms with Crippen LogP contribution in [0.5, 0.6) is 0 Å². The van der Waals surface area contributed by atoms with Crippen LogP contribution >= 0.6 is 0 Å². The Morgan fingerprint density at radius 1 is 1.24 bits per heavy atom. The van der Waals surface area contributed by atoms with Crippen molar-refractivity contribution in [2.45, 2.75) is 13.8 Å². The van der Waals surface area contributed by atoms with E-state index in [1.807, 2.05) is 30.5 Å². The average Bonchev–Trinajstić information content (AvgIpc) is 2.74. The van der Waals surface area contributed by atoms with Crippen molar-refractivity contribution in [2.75, 3.05) is 5.32 Å². The second-order valence-corrected chi connectivity index (χ2v) is 4.89. The molecule has 1 amide bonds. The number of benzene rings is 1. The Kier molecular flexibility index (Phi) is 3.17. The van der Waals surface area contributed by atoms with Crippen LogP contribution in [-0.2, 0) is 0 Å². The van der Waals surface area contributed by atoms with Crippen molar-refractivity contribution in [2.24, 2.45) is 0 Å². The van der Waals surface area contributed by atoms with Gasteiger partial charge >= 0.3 is 0 Å². The lowest BCUT2D eigenvalue weighted by atomic mass is 10.2. The summed E-state index contributed by atoms with van der Waals surface area (Å²) in [6.45, 7) is 3.90. The van der Waals surface area contributed by atoms with Crippen molar-refractivity contribution in [3.05, 3.63) is 65.4 Å². The molecule has 0 spiro atoms. The zero-order chi connectivity index (χ0) is 15.0. The van der Waals surface area contributed by atoms with Crippen LogP contribution in [-0.4, -0.2) is 15.3 Å². The van der Waals surface area contributed by atoms with Gasteiger partial charge < -0.3 is 9.72 Å². The Balaban J connectivity index is 1.91. The summed E-state index contributed by atoms with van der Waals surface area (Å²) < 4.78 is 15.1. The minimum absolute atomic E-state index is 0.286. The minimum Gasteiger partial charge on any atom is -0.321 e. The maximum atomic E-state index is 13.1. The van der Waals surface area contributed by atoms with Gasteiger partial charge in [0, 0.05) is 17.5 Å². The Morgan fingerprint density at radius 2 is 2.05 bits per heavy atom. The van der Waals surface area contributed by atoms with Crippen LogP contribution < -0.4 is 5.32 Å². The van der Waals surface area contributed by atoms with Gasteiger partial charge in [0.25, 0.3) is 5.91 Å². The van der Waals surface area contributed by atoms with Crippen molar-refractivity contribution in [1.82, 2.24) is 9.38 Å². The van der Waals surface area contributed by atoms with Gasteiger partial charge in [0.05, 0.1) is 11.4 Å². The highest BCUT2D eigenvalue weighted by Crippen LogP contribution is 2.16. The third-order valence-corrected chi connectivity index (χ3v) is 3.44. The highest BCUT2D eigenvalue weighted by atomic mass is 19.1. The Bertz CT molecular complexity index is 839. The third-order valence-electron chi connectivity index (χ3n) is 3.44. The molecule has 0 atom stereocenters. The number of imidazole rings is 1. The van der Waals surface area contributed by atoms with Gasteiger partial charge in [0.15, 0.2) is 0 Å². The molecule has 0 aliphatic heterocycles. The number of nitrogens with zero attached hydrogens (tertiary/aromatic N) is 2. The molecule has 0 aliphatic carbocycles. The van der Waals surface area contributed by atoms with E-state index < -0.39 is 5.82 Å². The number of carbonyl (C=O) groups excluding carboxylic acids is 1. The fraction of sp³-hybridized carbons (Fsp3) is 0.125. The van der Waals surface area contributed by atoms with Crippen molar-refractivity contribution >= 4 is 17.2 Å². The molecule has 0 radical (unpaired) electrons. The number of nitrogens with one attached hydrogen (secondary N) is 1. The van der Waals surface area contributed by atoms with Gasteiger partial charge in [-0.1, -0.05) is 6.07 Å². The molecule has 0 saturated carbocycles. The molecular formula is C16H14FN3O. The number of fused-ring (bicyclic) bond motifs is 1. The first-order chi connectivity index (χ1) is 10.0. The second-order valence-electron chi connectivity index (χ2n) is 4.89. The average molecular weight is 283 g/mol. The molecule has 0 unspecified atom stereocenters. The van der Waals surface area contributed by atoms with E-state index >= 15 is 0 Å². The Hall–Kier alpha value is -2.69. The maximum Gasteiger partial charge on any atom is 0.255 e. The number of hydrogen-bond acceptors (Lipinski definition) is 2. The molecule has 0 fully saturated rings. The summed E-state index contributed by atoms with van der Waals surface area (Å²) >= 11 is 0. The van der Waals surface area contributed by atoms with Gasteiger partial charge in [-0.05, 0) is 44.2 Å². The molecule has 1 aromatic carbocycles. The fourth-order valence-electron chi connectivity index (χ4n) is 2.19. The molecule has 5 heteroatoms. The fourth-order valence-corrected chi connectivity index (χ4v) is 2.19. The number of halogens is 1. The van der Waals surface area contributed by atoms with Gasteiger partial charge in [-0.2, -0.15) is 0 Å². The zero-order valence-electron chi connectivity index (χ0n) is 11.7. The molecule has 21 heavy (non-hydrogen) atoms. The molecule has 2 heterocycles. The predicted octanol–water partition coefficient (Wildman–Crippen LogP) is 3.34. The van der Waals surface area contributed by atoms with Crippen LogP contribution in [0.2, 0.25) is 0 Å². The first-order valence-corrected chi connectivity index (χ1v) is 6.57. The zero-order valence-corrected chi connectivity index (χ0v) is 11.7. The van der Waals surface area contributed by atoms with Crippen LogP contribution in [0.15, 0.2) is 42.6 Å². The van der Waals surface area contributed by atoms with Gasteiger partial charge in [0.1, 0.15) is 11.5 Å².